The molecule has 0 aliphatic rings. The highest BCUT2D eigenvalue weighted by atomic mass is 16.3. The van der Waals surface area contributed by atoms with E-state index in [2.05, 4.69) is 82.3 Å². The van der Waals surface area contributed by atoms with Crippen molar-refractivity contribution in [1.82, 2.24) is 0 Å². The summed E-state index contributed by atoms with van der Waals surface area (Å²) in [7, 11) is 0. The molecule has 1 nitrogen and oxygen atoms in total. The van der Waals surface area contributed by atoms with Gasteiger partial charge < -0.3 is 5.11 Å². The van der Waals surface area contributed by atoms with Crippen LogP contribution in [0.1, 0.15) is 163 Å². The first-order valence-electron chi connectivity index (χ1n) is 18.0. The third-order valence-electron chi connectivity index (χ3n) is 9.53. The van der Waals surface area contributed by atoms with Crippen molar-refractivity contribution < 1.29 is 5.11 Å². The zero-order valence-corrected chi connectivity index (χ0v) is 28.2. The summed E-state index contributed by atoms with van der Waals surface area (Å²) in [6, 6.07) is 24.3. The van der Waals surface area contributed by atoms with E-state index in [1.807, 2.05) is 12.1 Å². The number of hydrogen-bond acceptors (Lipinski definition) is 1. The van der Waals surface area contributed by atoms with E-state index in [1.54, 1.807) is 0 Å². The van der Waals surface area contributed by atoms with Gasteiger partial charge in [0.15, 0.2) is 0 Å². The van der Waals surface area contributed by atoms with Crippen LogP contribution in [0.5, 0.6) is 5.75 Å². The average molecular weight is 583 g/mol. The molecule has 1 N–H and O–H groups in total. The van der Waals surface area contributed by atoms with Gasteiger partial charge in [-0.1, -0.05) is 165 Å². The van der Waals surface area contributed by atoms with Gasteiger partial charge in [-0.05, 0) is 84.2 Å². The third kappa shape index (κ3) is 12.2. The Bertz CT molecular complexity index is 1160. The van der Waals surface area contributed by atoms with Gasteiger partial charge in [-0.25, -0.2) is 0 Å². The molecule has 236 valence electrons. The maximum Gasteiger partial charge on any atom is 0.119 e. The number of benzene rings is 3. The summed E-state index contributed by atoms with van der Waals surface area (Å²) in [6.07, 6.45) is 23.2. The Morgan fingerprint density at radius 1 is 0.465 bits per heavy atom. The van der Waals surface area contributed by atoms with E-state index in [9.17, 15) is 5.11 Å². The Balaban J connectivity index is 1.63. The lowest BCUT2D eigenvalue weighted by molar-refractivity contribution is 0.459. The van der Waals surface area contributed by atoms with Gasteiger partial charge in [-0.3, -0.25) is 0 Å². The summed E-state index contributed by atoms with van der Waals surface area (Å²) in [5.41, 5.74) is 8.38. The van der Waals surface area contributed by atoms with Crippen LogP contribution in [0.2, 0.25) is 0 Å². The van der Waals surface area contributed by atoms with Crippen molar-refractivity contribution in [2.45, 2.75) is 155 Å². The second kappa shape index (κ2) is 20.4. The van der Waals surface area contributed by atoms with Crippen LogP contribution in [0.15, 0.2) is 66.7 Å². The molecule has 0 aromatic heterocycles. The summed E-state index contributed by atoms with van der Waals surface area (Å²) in [5, 5.41) is 11.2. The first-order valence-corrected chi connectivity index (χ1v) is 18.0. The van der Waals surface area contributed by atoms with Crippen LogP contribution < -0.4 is 0 Å². The van der Waals surface area contributed by atoms with Gasteiger partial charge in [0.05, 0.1) is 0 Å². The molecule has 43 heavy (non-hydrogen) atoms. The highest BCUT2D eigenvalue weighted by Gasteiger charge is 2.21. The summed E-state index contributed by atoms with van der Waals surface area (Å²) >= 11 is 0. The SMILES string of the molecule is CCCCCCCCCc1ccccc1CC(C)c1cccc(O)c1C(C)Cc1ccccc1CCCCCCCCC. The maximum atomic E-state index is 11.2. The van der Waals surface area contributed by atoms with Crippen molar-refractivity contribution in [2.75, 3.05) is 0 Å². The first kappa shape index (κ1) is 34.9. The quantitative estimate of drug-likeness (QED) is 0.117. The van der Waals surface area contributed by atoms with E-state index in [0.29, 0.717) is 11.7 Å². The molecular formula is C42H62O. The molecule has 3 rings (SSSR count). The average Bonchev–Trinajstić information content (AvgIpc) is 3.01. The van der Waals surface area contributed by atoms with Crippen molar-refractivity contribution in [3.63, 3.8) is 0 Å². The van der Waals surface area contributed by atoms with Gasteiger partial charge in [0.2, 0.25) is 0 Å². The van der Waals surface area contributed by atoms with Crippen LogP contribution in [0.25, 0.3) is 0 Å². The maximum absolute atomic E-state index is 11.2. The van der Waals surface area contributed by atoms with Crippen LogP contribution in [0, 0.1) is 0 Å². The number of phenolic OH excluding ortho intramolecular Hbond substituents is 1. The Hall–Kier alpha value is -2.54. The predicted octanol–water partition coefficient (Wildman–Crippen LogP) is 12.7. The highest BCUT2D eigenvalue weighted by Crippen LogP contribution is 2.37. The second-order valence-corrected chi connectivity index (χ2v) is 13.3. The monoisotopic (exact) mass is 582 g/mol. The topological polar surface area (TPSA) is 20.2 Å². The van der Waals surface area contributed by atoms with Gasteiger partial charge in [0.25, 0.3) is 0 Å². The minimum Gasteiger partial charge on any atom is -0.508 e. The Labute approximate surface area is 265 Å². The molecule has 0 radical (unpaired) electrons. The highest BCUT2D eigenvalue weighted by molar-refractivity contribution is 5.45. The summed E-state index contributed by atoms with van der Waals surface area (Å²) in [6.45, 7) is 9.23. The molecule has 1 heteroatoms. The van der Waals surface area contributed by atoms with Crippen LogP contribution in [0.3, 0.4) is 0 Å². The van der Waals surface area contributed by atoms with Gasteiger partial charge in [0.1, 0.15) is 5.75 Å². The van der Waals surface area contributed by atoms with Gasteiger partial charge in [-0.2, -0.15) is 0 Å². The Morgan fingerprint density at radius 2 is 0.884 bits per heavy atom. The lowest BCUT2D eigenvalue weighted by Crippen LogP contribution is -2.09. The van der Waals surface area contributed by atoms with Crippen molar-refractivity contribution >= 4 is 0 Å². The van der Waals surface area contributed by atoms with E-state index in [-0.39, 0.29) is 5.92 Å². The van der Waals surface area contributed by atoms with E-state index in [4.69, 9.17) is 0 Å². The van der Waals surface area contributed by atoms with E-state index in [0.717, 1.165) is 24.8 Å². The molecule has 0 aliphatic carbocycles. The van der Waals surface area contributed by atoms with Crippen molar-refractivity contribution in [2.24, 2.45) is 0 Å². The fourth-order valence-electron chi connectivity index (χ4n) is 6.95. The molecular weight excluding hydrogens is 520 g/mol. The van der Waals surface area contributed by atoms with Crippen molar-refractivity contribution in [3.8, 4) is 5.75 Å². The lowest BCUT2D eigenvalue weighted by Gasteiger charge is -2.24. The molecule has 0 saturated heterocycles. The lowest BCUT2D eigenvalue weighted by atomic mass is 9.81. The van der Waals surface area contributed by atoms with E-state index >= 15 is 0 Å². The van der Waals surface area contributed by atoms with Crippen LogP contribution in [-0.2, 0) is 25.7 Å². The third-order valence-corrected chi connectivity index (χ3v) is 9.53. The standard InChI is InChI=1S/C42H62O/c1-5-7-9-11-13-15-17-24-36-26-19-21-28-38(36)32-34(3)40-30-23-31-41(43)42(40)35(4)33-39-29-22-20-27-37(39)25-18-16-14-12-10-8-6-2/h19-23,26-31,34-35,43H,5-18,24-25,32-33H2,1-4H3. The number of aryl methyl sites for hydroxylation is 2. The summed E-state index contributed by atoms with van der Waals surface area (Å²) in [4.78, 5) is 0. The fraction of sp³-hybridized carbons (Fsp3) is 0.571. The molecule has 0 aliphatic heterocycles. The molecule has 0 bridgehead atoms. The molecule has 3 aromatic rings. The zero-order chi connectivity index (χ0) is 30.7. The number of hydrogen-bond donors (Lipinski definition) is 1. The Kier molecular flexibility index (Phi) is 16.6. The van der Waals surface area contributed by atoms with Gasteiger partial charge in [0, 0.05) is 5.56 Å². The molecule has 2 unspecified atom stereocenters. The molecule has 3 aromatic carbocycles. The molecule has 0 spiro atoms. The molecule has 0 fully saturated rings. The number of rotatable bonds is 22. The predicted molar refractivity (Wildman–Crippen MR) is 189 cm³/mol. The van der Waals surface area contributed by atoms with E-state index in [1.165, 1.54) is 124 Å². The van der Waals surface area contributed by atoms with Crippen LogP contribution >= 0.6 is 0 Å². The summed E-state index contributed by atoms with van der Waals surface area (Å²) in [5.74, 6) is 1.07. The normalized spacial score (nSPS) is 12.8. The Morgan fingerprint density at radius 3 is 1.37 bits per heavy atom. The zero-order valence-electron chi connectivity index (χ0n) is 28.2. The van der Waals surface area contributed by atoms with Crippen molar-refractivity contribution in [3.05, 3.63) is 100 Å². The number of unbranched alkanes of at least 4 members (excludes halogenated alkanes) is 12. The van der Waals surface area contributed by atoms with Crippen molar-refractivity contribution in [1.29, 1.82) is 0 Å². The van der Waals surface area contributed by atoms with Crippen LogP contribution in [0.4, 0.5) is 0 Å². The minimum atomic E-state index is 0.261. The van der Waals surface area contributed by atoms with E-state index < -0.39 is 0 Å². The summed E-state index contributed by atoms with van der Waals surface area (Å²) < 4.78 is 0. The fourth-order valence-corrected chi connectivity index (χ4v) is 6.95. The van der Waals surface area contributed by atoms with Gasteiger partial charge in [-0.15, -0.1) is 0 Å². The molecule has 2 atom stereocenters. The smallest absolute Gasteiger partial charge is 0.119 e. The number of aromatic hydroxyl groups is 1. The molecule has 0 amide bonds. The second-order valence-electron chi connectivity index (χ2n) is 13.3. The van der Waals surface area contributed by atoms with Gasteiger partial charge >= 0.3 is 0 Å². The largest absolute Gasteiger partial charge is 0.508 e. The molecule has 0 heterocycles. The number of phenols is 1. The van der Waals surface area contributed by atoms with Crippen LogP contribution in [-0.4, -0.2) is 5.11 Å². The molecule has 0 saturated carbocycles. The first-order chi connectivity index (χ1) is 21.0. The minimum absolute atomic E-state index is 0.261.